The van der Waals surface area contributed by atoms with Crippen molar-refractivity contribution >= 4 is 23.4 Å². The van der Waals surface area contributed by atoms with E-state index in [-0.39, 0.29) is 17.2 Å². The molecule has 80 valence electrons. The third kappa shape index (κ3) is 3.55. The van der Waals surface area contributed by atoms with Crippen LogP contribution in [0.4, 0.5) is 10.5 Å². The molecule has 5 nitrogen and oxygen atoms in total. The highest BCUT2D eigenvalue weighted by Gasteiger charge is 2.08. The first-order valence-electron chi connectivity index (χ1n) is 4.24. The fraction of sp³-hybridized carbons (Fsp3) is 0.222. The Hall–Kier alpha value is -1.62. The molecule has 0 radical (unpaired) electrons. The Balaban J connectivity index is 2.79. The maximum atomic E-state index is 11.2. The van der Waals surface area contributed by atoms with Gasteiger partial charge < -0.3 is 9.94 Å². The third-order valence-electron chi connectivity index (χ3n) is 1.49. The molecule has 1 aromatic rings. The summed E-state index contributed by atoms with van der Waals surface area (Å²) in [7, 11) is 0. The molecule has 0 unspecified atom stereocenters. The number of nitrogens with zero attached hydrogens (tertiary/aromatic N) is 2. The van der Waals surface area contributed by atoms with Crippen LogP contribution >= 0.6 is 11.6 Å². The quantitative estimate of drug-likeness (QED) is 0.444. The number of benzene rings is 1. The van der Waals surface area contributed by atoms with Gasteiger partial charge in [0.1, 0.15) is 0 Å². The normalized spacial score (nSPS) is 11.2. The molecular formula is C9H9ClN2O3. The molecule has 0 fully saturated rings. The Morgan fingerprint density at radius 2 is 2.13 bits per heavy atom. The van der Waals surface area contributed by atoms with Crippen molar-refractivity contribution < 1.29 is 14.4 Å². The van der Waals surface area contributed by atoms with Gasteiger partial charge in [-0.25, -0.2) is 4.79 Å². The average molecular weight is 229 g/mol. The van der Waals surface area contributed by atoms with Crippen LogP contribution in [0.1, 0.15) is 6.92 Å². The highest BCUT2D eigenvalue weighted by Crippen LogP contribution is 2.15. The lowest BCUT2D eigenvalue weighted by Crippen LogP contribution is -2.02. The zero-order valence-corrected chi connectivity index (χ0v) is 8.77. The Morgan fingerprint density at radius 3 is 2.67 bits per heavy atom. The number of halogens is 1. The molecule has 15 heavy (non-hydrogen) atoms. The third-order valence-corrected chi connectivity index (χ3v) is 1.74. The molecule has 0 bridgehead atoms. The van der Waals surface area contributed by atoms with E-state index < -0.39 is 6.09 Å². The van der Waals surface area contributed by atoms with Crippen molar-refractivity contribution in [2.45, 2.75) is 6.92 Å². The van der Waals surface area contributed by atoms with Crippen LogP contribution in [-0.4, -0.2) is 17.6 Å². The van der Waals surface area contributed by atoms with Crippen molar-refractivity contribution in [2.75, 3.05) is 6.61 Å². The predicted molar refractivity (Wildman–Crippen MR) is 54.2 cm³/mol. The molecule has 0 aliphatic rings. The zero-order valence-electron chi connectivity index (χ0n) is 8.01. The van der Waals surface area contributed by atoms with Crippen molar-refractivity contribution in [3.63, 3.8) is 0 Å². The zero-order chi connectivity index (χ0) is 11.3. The molecule has 0 heterocycles. The molecule has 1 amide bonds. The van der Waals surface area contributed by atoms with Crippen LogP contribution in [0, 0.1) is 5.21 Å². The second kappa shape index (κ2) is 5.31. The van der Waals surface area contributed by atoms with Gasteiger partial charge in [-0.15, -0.1) is 0 Å². The molecular weight excluding hydrogens is 220 g/mol. The lowest BCUT2D eigenvalue weighted by molar-refractivity contribution is -0.436. The number of hydrogen-bond acceptors (Lipinski definition) is 3. The molecule has 1 aromatic carbocycles. The van der Waals surface area contributed by atoms with Crippen LogP contribution in [0.25, 0.3) is 0 Å². The standard InChI is InChI=1S/C9H9ClN2O3/c1-2-15-9(13)11-12(14)8-5-3-7(10)4-6-8/h3-6H,2H2,1H3/b12-11-. The first-order chi connectivity index (χ1) is 7.13. The van der Waals surface area contributed by atoms with Gasteiger partial charge in [0.15, 0.2) is 0 Å². The minimum atomic E-state index is -0.914. The Kier molecular flexibility index (Phi) is 4.05. The second-order valence-corrected chi connectivity index (χ2v) is 2.98. The van der Waals surface area contributed by atoms with Crippen molar-refractivity contribution in [1.82, 2.24) is 0 Å². The number of ether oxygens (including phenoxy) is 1. The first kappa shape index (κ1) is 11.5. The number of carbonyl (C=O) groups excluding carboxylic acids is 1. The molecule has 0 N–H and O–H groups in total. The van der Waals surface area contributed by atoms with E-state index in [0.717, 1.165) is 0 Å². The number of carbonyl (C=O) groups is 1. The van der Waals surface area contributed by atoms with Crippen molar-refractivity contribution in [2.24, 2.45) is 5.11 Å². The van der Waals surface area contributed by atoms with Crippen LogP contribution in [0.3, 0.4) is 0 Å². The summed E-state index contributed by atoms with van der Waals surface area (Å²) >= 11 is 5.63. The van der Waals surface area contributed by atoms with Gasteiger partial charge in [-0.1, -0.05) is 11.6 Å². The molecule has 0 aliphatic heterocycles. The van der Waals surface area contributed by atoms with Gasteiger partial charge in [0.25, 0.3) is 0 Å². The van der Waals surface area contributed by atoms with Crippen LogP contribution in [-0.2, 0) is 4.74 Å². The first-order valence-corrected chi connectivity index (χ1v) is 4.62. The molecule has 6 heteroatoms. The van der Waals surface area contributed by atoms with Gasteiger partial charge in [-0.3, -0.25) is 0 Å². The fourth-order valence-corrected chi connectivity index (χ4v) is 0.979. The summed E-state index contributed by atoms with van der Waals surface area (Å²) in [6.07, 6.45) is -0.914. The highest BCUT2D eigenvalue weighted by atomic mass is 35.5. The van der Waals surface area contributed by atoms with Crippen molar-refractivity contribution in [3.05, 3.63) is 34.5 Å². The molecule has 0 spiro atoms. The maximum Gasteiger partial charge on any atom is 0.492 e. The van der Waals surface area contributed by atoms with Crippen LogP contribution in [0.5, 0.6) is 0 Å². The lowest BCUT2D eigenvalue weighted by atomic mass is 10.3. The molecule has 0 saturated carbocycles. The van der Waals surface area contributed by atoms with E-state index in [1.165, 1.54) is 24.3 Å². The smallest absolute Gasteiger partial charge is 0.492 e. The Morgan fingerprint density at radius 1 is 1.53 bits per heavy atom. The Labute approximate surface area is 91.5 Å². The van der Waals surface area contributed by atoms with E-state index in [9.17, 15) is 10.0 Å². The van der Waals surface area contributed by atoms with Gasteiger partial charge in [0.2, 0.25) is 5.69 Å². The fourth-order valence-electron chi connectivity index (χ4n) is 0.853. The number of amides is 1. The molecule has 1 rings (SSSR count). The SMILES string of the molecule is CCOC(=O)/N=[N+](\[O-])c1ccc(Cl)cc1. The van der Waals surface area contributed by atoms with Crippen LogP contribution in [0.15, 0.2) is 29.4 Å². The summed E-state index contributed by atoms with van der Waals surface area (Å²) < 4.78 is 4.48. The Bertz CT molecular complexity index is 375. The van der Waals surface area contributed by atoms with E-state index in [1.807, 2.05) is 0 Å². The average Bonchev–Trinajstić information content (AvgIpc) is 2.18. The maximum absolute atomic E-state index is 11.2. The molecule has 0 aromatic heterocycles. The largest absolute Gasteiger partial charge is 0.594 e. The van der Waals surface area contributed by atoms with Crippen LogP contribution in [0.2, 0.25) is 5.02 Å². The topological polar surface area (TPSA) is 64.7 Å². The lowest BCUT2D eigenvalue weighted by Gasteiger charge is -1.98. The van der Waals surface area contributed by atoms with Crippen LogP contribution < -0.4 is 0 Å². The summed E-state index contributed by atoms with van der Waals surface area (Å²) in [5.41, 5.74) is 0.215. The van der Waals surface area contributed by atoms with E-state index in [0.29, 0.717) is 5.02 Å². The second-order valence-electron chi connectivity index (χ2n) is 2.55. The number of rotatable bonds is 2. The highest BCUT2D eigenvalue weighted by molar-refractivity contribution is 6.30. The van der Waals surface area contributed by atoms with Gasteiger partial charge in [-0.2, -0.15) is 0 Å². The number of hydrogen-bond donors (Lipinski definition) is 0. The minimum Gasteiger partial charge on any atom is -0.594 e. The van der Waals surface area contributed by atoms with Crippen molar-refractivity contribution in [1.29, 1.82) is 0 Å². The van der Waals surface area contributed by atoms with E-state index in [2.05, 4.69) is 9.85 Å². The van der Waals surface area contributed by atoms with Crippen molar-refractivity contribution in [3.8, 4) is 0 Å². The number of azo groups is 1. The molecule has 0 aliphatic carbocycles. The summed E-state index contributed by atoms with van der Waals surface area (Å²) in [5.74, 6) is 0. The summed E-state index contributed by atoms with van der Waals surface area (Å²) in [6, 6.07) is 5.97. The summed E-state index contributed by atoms with van der Waals surface area (Å²) in [5, 5.41) is 14.9. The van der Waals surface area contributed by atoms with Gasteiger partial charge in [0, 0.05) is 17.2 Å². The minimum absolute atomic E-state index is 0.177. The van der Waals surface area contributed by atoms with Gasteiger partial charge in [-0.05, 0) is 23.9 Å². The van der Waals surface area contributed by atoms with Gasteiger partial charge >= 0.3 is 6.09 Å². The molecule has 0 saturated heterocycles. The summed E-state index contributed by atoms with van der Waals surface area (Å²) in [6.45, 7) is 1.81. The summed E-state index contributed by atoms with van der Waals surface area (Å²) in [4.78, 5) is 11.0. The molecule has 0 atom stereocenters. The monoisotopic (exact) mass is 228 g/mol. The van der Waals surface area contributed by atoms with E-state index in [1.54, 1.807) is 6.92 Å². The van der Waals surface area contributed by atoms with E-state index >= 15 is 0 Å². The van der Waals surface area contributed by atoms with Gasteiger partial charge in [0.05, 0.1) is 11.7 Å². The van der Waals surface area contributed by atoms with E-state index in [4.69, 9.17) is 11.6 Å². The predicted octanol–water partition coefficient (Wildman–Crippen LogP) is 3.09.